The van der Waals surface area contributed by atoms with Gasteiger partial charge in [-0.3, -0.25) is 19.7 Å². The molecule has 2 amide bonds. The Morgan fingerprint density at radius 3 is 2.57 bits per heavy atom. The zero-order chi connectivity index (χ0) is 32.8. The molecule has 5 atom stereocenters. The number of carbonyl (C=O) groups excluding carboxylic acids is 2. The first-order valence-electron chi connectivity index (χ1n) is 15.6. The van der Waals surface area contributed by atoms with Crippen LogP contribution >= 0.6 is 0 Å². The van der Waals surface area contributed by atoms with Gasteiger partial charge in [-0.05, 0) is 42.2 Å². The minimum atomic E-state index is -1.01. The number of epoxide rings is 1. The van der Waals surface area contributed by atoms with Crippen molar-refractivity contribution >= 4 is 17.8 Å². The van der Waals surface area contributed by atoms with E-state index in [0.717, 1.165) is 22.4 Å². The van der Waals surface area contributed by atoms with Gasteiger partial charge < -0.3 is 24.4 Å². The van der Waals surface area contributed by atoms with Crippen LogP contribution in [0.2, 0.25) is 0 Å². The molecule has 5 rings (SSSR count). The number of amides is 2. The number of allylic oxidation sites excluding steroid dienone is 4. The molecule has 0 aliphatic carbocycles. The zero-order valence-electron chi connectivity index (χ0n) is 26.6. The summed E-state index contributed by atoms with van der Waals surface area (Å²) in [5.74, 6) is -0.838. The smallest absolute Gasteiger partial charge is 0.303 e. The van der Waals surface area contributed by atoms with Crippen LogP contribution in [0.5, 0.6) is 5.75 Å². The summed E-state index contributed by atoms with van der Waals surface area (Å²) in [5, 5.41) is 16.9. The predicted molar refractivity (Wildman–Crippen MR) is 173 cm³/mol. The van der Waals surface area contributed by atoms with Gasteiger partial charge in [-0.1, -0.05) is 73.3 Å². The van der Waals surface area contributed by atoms with E-state index in [2.05, 4.69) is 11.9 Å². The quantitative estimate of drug-likeness (QED) is 0.240. The number of carboxylic acid groups (broad SMARTS) is 1. The first-order chi connectivity index (χ1) is 22.2. The van der Waals surface area contributed by atoms with Crippen molar-refractivity contribution in [1.29, 1.82) is 0 Å². The number of nitrogens with one attached hydrogen (secondary N) is 1. The fraction of sp³-hybridized carbons (Fsp3) is 0.400. The lowest BCUT2D eigenvalue weighted by molar-refractivity contribution is -0.208. The number of nitrogens with zero attached hydrogens (tertiary/aromatic N) is 4. The molecule has 0 radical (unpaired) electrons. The lowest BCUT2D eigenvalue weighted by Gasteiger charge is -2.54. The Morgan fingerprint density at radius 2 is 1.91 bits per heavy atom. The van der Waals surface area contributed by atoms with Gasteiger partial charge in [0, 0.05) is 32.5 Å². The van der Waals surface area contributed by atoms with Crippen molar-refractivity contribution in [3.05, 3.63) is 102 Å². The van der Waals surface area contributed by atoms with Crippen LogP contribution in [0.3, 0.4) is 0 Å². The molecule has 3 heterocycles. The number of hydrazine groups is 1. The Kier molecular flexibility index (Phi) is 10.7. The van der Waals surface area contributed by atoms with E-state index in [4.69, 9.17) is 9.47 Å². The first kappa shape index (κ1) is 33.1. The minimum Gasteiger partial charge on any atom is -0.497 e. The molecule has 46 heavy (non-hydrogen) atoms. The van der Waals surface area contributed by atoms with Gasteiger partial charge in [-0.2, -0.15) is 5.01 Å². The number of carbonyl (C=O) groups is 3. The summed E-state index contributed by atoms with van der Waals surface area (Å²) in [6.07, 6.45) is 6.22. The second-order valence-corrected chi connectivity index (χ2v) is 11.7. The lowest BCUT2D eigenvalue weighted by Crippen LogP contribution is -2.75. The van der Waals surface area contributed by atoms with E-state index in [-0.39, 0.29) is 56.1 Å². The molecule has 0 spiro atoms. The number of carboxylic acids is 1. The van der Waals surface area contributed by atoms with Crippen LogP contribution in [0.25, 0.3) is 0 Å². The molecule has 2 N–H and O–H groups in total. The number of hydrogen-bond acceptors (Lipinski definition) is 8. The largest absolute Gasteiger partial charge is 0.497 e. The summed E-state index contributed by atoms with van der Waals surface area (Å²) in [6.45, 7) is 7.01. The van der Waals surface area contributed by atoms with E-state index in [1.165, 1.54) is 0 Å². The Morgan fingerprint density at radius 1 is 1.17 bits per heavy atom. The second-order valence-electron chi connectivity index (χ2n) is 11.7. The molecule has 0 bridgehead atoms. The molecule has 2 aromatic carbocycles. The highest BCUT2D eigenvalue weighted by Gasteiger charge is 2.56. The molecule has 3 fully saturated rings. The maximum Gasteiger partial charge on any atom is 0.303 e. The average molecular weight is 630 g/mol. The average Bonchev–Trinajstić information content (AvgIpc) is 3.82. The monoisotopic (exact) mass is 629 g/mol. The van der Waals surface area contributed by atoms with Gasteiger partial charge in [0.2, 0.25) is 11.8 Å². The third-order valence-corrected chi connectivity index (χ3v) is 8.78. The normalized spacial score (nSPS) is 24.6. The molecule has 11 nitrogen and oxygen atoms in total. The fourth-order valence-corrected chi connectivity index (χ4v) is 6.42. The number of aliphatic carboxylic acids is 1. The maximum atomic E-state index is 14.2. The molecule has 3 saturated heterocycles. The van der Waals surface area contributed by atoms with Crippen molar-refractivity contribution in [1.82, 2.24) is 25.1 Å². The molecule has 3 aliphatic rings. The van der Waals surface area contributed by atoms with Crippen LogP contribution in [0.4, 0.5) is 0 Å². The van der Waals surface area contributed by atoms with Crippen molar-refractivity contribution < 1.29 is 29.0 Å². The van der Waals surface area contributed by atoms with Gasteiger partial charge >= 0.3 is 5.97 Å². The van der Waals surface area contributed by atoms with E-state index >= 15 is 0 Å². The third kappa shape index (κ3) is 7.39. The lowest BCUT2D eigenvalue weighted by atomic mass is 9.89. The highest BCUT2D eigenvalue weighted by atomic mass is 16.6. The van der Waals surface area contributed by atoms with Crippen LogP contribution in [-0.2, 0) is 25.7 Å². The van der Waals surface area contributed by atoms with Crippen LogP contribution in [0.15, 0.2) is 91.1 Å². The van der Waals surface area contributed by atoms with Crippen molar-refractivity contribution in [3.8, 4) is 5.75 Å². The Hall–Kier alpha value is -4.29. The molecule has 3 aliphatic heterocycles. The van der Waals surface area contributed by atoms with Crippen molar-refractivity contribution in [3.63, 3.8) is 0 Å². The summed E-state index contributed by atoms with van der Waals surface area (Å²) in [7, 11) is 3.47. The number of methoxy groups -OCH3 is 1. The highest BCUT2D eigenvalue weighted by Crippen LogP contribution is 2.36. The molecule has 244 valence electrons. The second kappa shape index (κ2) is 14.9. The first-order valence-corrected chi connectivity index (χ1v) is 15.6. The van der Waals surface area contributed by atoms with Gasteiger partial charge in [0.1, 0.15) is 18.0 Å². The Balaban J connectivity index is 1.41. The Labute approximate surface area is 270 Å². The number of piperazine rings is 1. The van der Waals surface area contributed by atoms with Crippen LogP contribution in [-0.4, -0.2) is 101 Å². The van der Waals surface area contributed by atoms with Gasteiger partial charge in [-0.15, -0.1) is 0 Å². The number of rotatable bonds is 14. The summed E-state index contributed by atoms with van der Waals surface area (Å²) < 4.78 is 11.4. The van der Waals surface area contributed by atoms with Crippen molar-refractivity contribution in [2.24, 2.45) is 0 Å². The predicted octanol–water partition coefficient (Wildman–Crippen LogP) is 3.33. The molecule has 0 saturated carbocycles. The van der Waals surface area contributed by atoms with Crippen molar-refractivity contribution in [2.75, 3.05) is 33.8 Å². The molecule has 2 aromatic rings. The summed E-state index contributed by atoms with van der Waals surface area (Å²) >= 11 is 0. The van der Waals surface area contributed by atoms with Gasteiger partial charge in [0.15, 0.2) is 12.5 Å². The molecule has 11 heteroatoms. The SMILES string of the molecule is C=C/C=C\C(=C/C)C(CN1C[C@H]2N(C(=O)CN(C)N2C2OC2NCc2ccc(OC)cc2)[C@@H](CCC(=O)O)C1=O)c1ccccc1. The minimum absolute atomic E-state index is 0.0258. The van der Waals surface area contributed by atoms with E-state index < -0.39 is 18.2 Å². The van der Waals surface area contributed by atoms with E-state index in [1.807, 2.05) is 96.8 Å². The molecule has 0 aromatic heterocycles. The summed E-state index contributed by atoms with van der Waals surface area (Å²) in [5.41, 5.74) is 3.13. The fourth-order valence-electron chi connectivity index (χ4n) is 6.42. The van der Waals surface area contributed by atoms with Crippen molar-refractivity contribution in [2.45, 2.75) is 56.9 Å². The van der Waals surface area contributed by atoms with Gasteiger partial charge in [0.05, 0.1) is 20.2 Å². The van der Waals surface area contributed by atoms with Gasteiger partial charge in [0.25, 0.3) is 0 Å². The Bertz CT molecular complexity index is 1460. The van der Waals surface area contributed by atoms with E-state index in [0.29, 0.717) is 13.1 Å². The van der Waals surface area contributed by atoms with Crippen LogP contribution < -0.4 is 10.1 Å². The summed E-state index contributed by atoms with van der Waals surface area (Å²) in [6, 6.07) is 16.9. The zero-order valence-corrected chi connectivity index (χ0v) is 26.6. The van der Waals surface area contributed by atoms with Gasteiger partial charge in [-0.25, -0.2) is 5.01 Å². The topological polar surface area (TPSA) is 118 Å². The number of benzene rings is 2. The number of ether oxygens (including phenoxy) is 2. The molecule has 3 unspecified atom stereocenters. The van der Waals surface area contributed by atoms with Crippen LogP contribution in [0.1, 0.15) is 36.8 Å². The highest BCUT2D eigenvalue weighted by molar-refractivity contribution is 5.90. The van der Waals surface area contributed by atoms with E-state index in [9.17, 15) is 19.5 Å². The molecular weight excluding hydrogens is 586 g/mol. The standard InChI is InChI=1S/C35H43N5O6/c1-5-7-11-25(6-2)28(26-12-9-8-10-13-26)21-38-22-30-39(29(34(38)44)18-19-32(42)43)31(41)23-37(3)40(30)35-33(46-35)36-20-24-14-16-27(45-4)17-15-24/h5-17,28-30,33,35-36H,1,18-23H2,2-4H3,(H,42,43)/b11-7-,25-6+/t28?,29-,30-,33?,35?/m0/s1. The summed E-state index contributed by atoms with van der Waals surface area (Å²) in [4.78, 5) is 42.8. The number of fused-ring (bicyclic) bond motifs is 1. The third-order valence-electron chi connectivity index (χ3n) is 8.78. The van der Waals surface area contributed by atoms with E-state index in [1.54, 1.807) is 23.0 Å². The van der Waals surface area contributed by atoms with Crippen LogP contribution in [0, 0.1) is 0 Å². The number of hydrogen-bond donors (Lipinski definition) is 2. The number of likely N-dealkylation sites (N-methyl/N-ethyl adjacent to an activating group) is 1. The maximum absolute atomic E-state index is 14.2. The molecular formula is C35H43N5O6.